The van der Waals surface area contributed by atoms with E-state index in [4.69, 9.17) is 21.1 Å². The van der Waals surface area contributed by atoms with Crippen molar-refractivity contribution in [2.24, 2.45) is 5.41 Å². The number of aromatic nitrogens is 2. The Morgan fingerprint density at radius 2 is 1.81 bits per heavy atom. The summed E-state index contributed by atoms with van der Waals surface area (Å²) in [7, 11) is 1.48. The van der Waals surface area contributed by atoms with Crippen LogP contribution in [0.2, 0.25) is 0 Å². The van der Waals surface area contributed by atoms with E-state index in [1.165, 1.54) is 31.7 Å². The Hall–Kier alpha value is -4.50. The molecule has 1 amide bonds. The maximum Gasteiger partial charge on any atom is 0.248 e. The number of methoxy groups -OCH3 is 1. The Labute approximate surface area is 255 Å². The number of carbonyl (C=O) groups is 2. The van der Waals surface area contributed by atoms with E-state index >= 15 is 4.39 Å². The standard InChI is InChI=1S/C33H34ClFN4O4/c1-33(2,3)13-12-22(40)15-21-7-5-8-23(16-21)43-24-10-11-27(26(35)17-24)39-32-25-18-29(38-31(41)9-6-14-34)30(42-4)19-28(25)36-20-37-32/h5-11,16-20H,12-15H2,1-4H3,(H,38,41)(H,36,37,39)/b9-6+. The van der Waals surface area contributed by atoms with Crippen molar-refractivity contribution < 1.29 is 23.5 Å². The highest BCUT2D eigenvalue weighted by molar-refractivity contribution is 6.19. The molecule has 1 heterocycles. The third-order valence-electron chi connectivity index (χ3n) is 6.46. The fourth-order valence-corrected chi connectivity index (χ4v) is 4.34. The fraction of sp³-hybridized carbons (Fsp3) is 0.273. The molecule has 0 fully saturated rings. The number of nitrogens with zero attached hydrogens (tertiary/aromatic N) is 2. The zero-order chi connectivity index (χ0) is 31.0. The number of Topliss-reactive ketones (excluding diaryl/α,β-unsaturated/α-hetero) is 1. The lowest BCUT2D eigenvalue weighted by molar-refractivity contribution is -0.119. The molecule has 10 heteroatoms. The second-order valence-electron chi connectivity index (χ2n) is 11.1. The van der Waals surface area contributed by atoms with E-state index in [-0.39, 0.29) is 28.7 Å². The molecule has 4 rings (SSSR count). The Morgan fingerprint density at radius 3 is 2.53 bits per heavy atom. The Kier molecular flexibility index (Phi) is 10.3. The summed E-state index contributed by atoms with van der Waals surface area (Å²) in [6.07, 6.45) is 5.85. The third kappa shape index (κ3) is 8.99. The topological polar surface area (TPSA) is 102 Å². The summed E-state index contributed by atoms with van der Waals surface area (Å²) in [4.78, 5) is 33.3. The number of halogens is 2. The zero-order valence-corrected chi connectivity index (χ0v) is 25.3. The number of alkyl halides is 1. The molecule has 4 aromatic rings. The van der Waals surface area contributed by atoms with Crippen LogP contribution in [0.5, 0.6) is 17.2 Å². The number of anilines is 3. The quantitative estimate of drug-likeness (QED) is 0.125. The van der Waals surface area contributed by atoms with E-state index in [9.17, 15) is 9.59 Å². The number of carbonyl (C=O) groups excluding carboxylic acids is 2. The maximum atomic E-state index is 15.2. The lowest BCUT2D eigenvalue weighted by Crippen LogP contribution is -2.10. The van der Waals surface area contributed by atoms with E-state index in [2.05, 4.69) is 41.4 Å². The minimum Gasteiger partial charge on any atom is -0.494 e. The summed E-state index contributed by atoms with van der Waals surface area (Å²) >= 11 is 5.62. The SMILES string of the molecule is COc1cc2ncnc(Nc3ccc(Oc4cccc(CC(=O)CCC(C)(C)C)c4)cc3F)c2cc1NC(=O)/C=C/CCl. The van der Waals surface area contributed by atoms with E-state index < -0.39 is 5.82 Å². The van der Waals surface area contributed by atoms with Crippen molar-refractivity contribution in [1.82, 2.24) is 9.97 Å². The monoisotopic (exact) mass is 604 g/mol. The van der Waals surface area contributed by atoms with Gasteiger partial charge >= 0.3 is 0 Å². The highest BCUT2D eigenvalue weighted by atomic mass is 35.5. The van der Waals surface area contributed by atoms with Crippen LogP contribution in [0.15, 0.2) is 73.1 Å². The lowest BCUT2D eigenvalue weighted by Gasteiger charge is -2.17. The van der Waals surface area contributed by atoms with Crippen LogP contribution in [0.4, 0.5) is 21.6 Å². The van der Waals surface area contributed by atoms with Gasteiger partial charge in [-0.1, -0.05) is 39.0 Å². The predicted octanol–water partition coefficient (Wildman–Crippen LogP) is 7.98. The molecule has 1 aromatic heterocycles. The first-order valence-corrected chi connectivity index (χ1v) is 14.3. The van der Waals surface area contributed by atoms with Crippen LogP contribution in [0.3, 0.4) is 0 Å². The normalized spacial score (nSPS) is 11.5. The molecule has 2 N–H and O–H groups in total. The minimum absolute atomic E-state index is 0.0996. The molecule has 0 aliphatic heterocycles. The number of amides is 1. The molecule has 224 valence electrons. The summed E-state index contributed by atoms with van der Waals surface area (Å²) in [5.41, 5.74) is 2.02. The van der Waals surface area contributed by atoms with Gasteiger partial charge in [0, 0.05) is 42.3 Å². The van der Waals surface area contributed by atoms with Gasteiger partial charge in [-0.15, -0.1) is 11.6 Å². The molecule has 0 saturated heterocycles. The molecule has 0 spiro atoms. The van der Waals surface area contributed by atoms with Crippen LogP contribution in [-0.2, 0) is 16.0 Å². The second kappa shape index (κ2) is 14.1. The number of ether oxygens (including phenoxy) is 2. The number of hydrogen-bond acceptors (Lipinski definition) is 7. The number of allylic oxidation sites excluding steroid dienone is 1. The number of ketones is 1. The smallest absolute Gasteiger partial charge is 0.248 e. The molecule has 0 radical (unpaired) electrons. The van der Waals surface area contributed by atoms with Crippen LogP contribution in [0, 0.1) is 11.2 Å². The number of hydrogen-bond donors (Lipinski definition) is 2. The van der Waals surface area contributed by atoms with Gasteiger partial charge in [0.25, 0.3) is 0 Å². The summed E-state index contributed by atoms with van der Waals surface area (Å²) in [5, 5.41) is 6.29. The van der Waals surface area contributed by atoms with Crippen molar-refractivity contribution in [1.29, 1.82) is 0 Å². The highest BCUT2D eigenvalue weighted by Crippen LogP contribution is 2.34. The van der Waals surface area contributed by atoms with Crippen molar-refractivity contribution in [3.8, 4) is 17.2 Å². The van der Waals surface area contributed by atoms with Crippen molar-refractivity contribution in [2.75, 3.05) is 23.6 Å². The lowest BCUT2D eigenvalue weighted by atomic mass is 9.89. The van der Waals surface area contributed by atoms with Crippen molar-refractivity contribution >= 4 is 51.4 Å². The average Bonchev–Trinajstić information content (AvgIpc) is 2.96. The van der Waals surface area contributed by atoms with E-state index in [0.29, 0.717) is 52.5 Å². The van der Waals surface area contributed by atoms with Gasteiger partial charge in [0.15, 0.2) is 0 Å². The molecule has 0 aliphatic carbocycles. The molecule has 0 aliphatic rings. The van der Waals surface area contributed by atoms with Crippen LogP contribution in [0.25, 0.3) is 10.9 Å². The second-order valence-corrected chi connectivity index (χ2v) is 11.4. The van der Waals surface area contributed by atoms with Gasteiger partial charge in [0.2, 0.25) is 5.91 Å². The first kappa shape index (κ1) is 31.4. The van der Waals surface area contributed by atoms with Crippen LogP contribution >= 0.6 is 11.6 Å². The van der Waals surface area contributed by atoms with Gasteiger partial charge in [0.05, 0.1) is 24.0 Å². The number of fused-ring (bicyclic) bond motifs is 1. The van der Waals surface area contributed by atoms with Crippen molar-refractivity contribution in [2.45, 2.75) is 40.0 Å². The molecule has 8 nitrogen and oxygen atoms in total. The largest absolute Gasteiger partial charge is 0.494 e. The Morgan fingerprint density at radius 1 is 1.02 bits per heavy atom. The van der Waals surface area contributed by atoms with Crippen LogP contribution < -0.4 is 20.1 Å². The molecular formula is C33H34ClFN4O4. The highest BCUT2D eigenvalue weighted by Gasteiger charge is 2.15. The van der Waals surface area contributed by atoms with E-state index in [1.807, 2.05) is 12.1 Å². The predicted molar refractivity (Wildman–Crippen MR) is 168 cm³/mol. The van der Waals surface area contributed by atoms with E-state index in [1.54, 1.807) is 36.4 Å². The number of nitrogens with one attached hydrogen (secondary N) is 2. The molecule has 0 saturated carbocycles. The van der Waals surface area contributed by atoms with Gasteiger partial charge in [-0.3, -0.25) is 9.59 Å². The molecule has 0 bridgehead atoms. The Bertz CT molecular complexity index is 1650. The van der Waals surface area contributed by atoms with Crippen LogP contribution in [-0.4, -0.2) is 34.6 Å². The summed E-state index contributed by atoms with van der Waals surface area (Å²) in [6.45, 7) is 6.34. The average molecular weight is 605 g/mol. The van der Waals surface area contributed by atoms with Gasteiger partial charge in [-0.2, -0.15) is 0 Å². The molecule has 0 unspecified atom stereocenters. The minimum atomic E-state index is -0.564. The Balaban J connectivity index is 1.50. The summed E-state index contributed by atoms with van der Waals surface area (Å²) in [6, 6.07) is 15.0. The number of benzene rings is 3. The van der Waals surface area contributed by atoms with Gasteiger partial charge < -0.3 is 20.1 Å². The number of rotatable bonds is 12. The fourth-order valence-electron chi connectivity index (χ4n) is 4.25. The van der Waals surface area contributed by atoms with Gasteiger partial charge in [0.1, 0.15) is 41.0 Å². The molecule has 43 heavy (non-hydrogen) atoms. The summed E-state index contributed by atoms with van der Waals surface area (Å²) < 4.78 is 26.5. The molecular weight excluding hydrogens is 571 g/mol. The molecule has 0 atom stereocenters. The molecule has 3 aromatic carbocycles. The van der Waals surface area contributed by atoms with Gasteiger partial charge in [-0.25, -0.2) is 14.4 Å². The van der Waals surface area contributed by atoms with Crippen molar-refractivity contribution in [3.05, 3.63) is 84.5 Å². The third-order valence-corrected chi connectivity index (χ3v) is 6.63. The first-order valence-electron chi connectivity index (χ1n) is 13.8. The zero-order valence-electron chi connectivity index (χ0n) is 24.5. The van der Waals surface area contributed by atoms with E-state index in [0.717, 1.165) is 12.0 Å². The first-order chi connectivity index (χ1) is 20.5. The van der Waals surface area contributed by atoms with Gasteiger partial charge in [-0.05, 0) is 47.7 Å². The van der Waals surface area contributed by atoms with Crippen LogP contribution in [0.1, 0.15) is 39.2 Å². The summed E-state index contributed by atoms with van der Waals surface area (Å²) in [5.74, 6) is 0.952. The maximum absolute atomic E-state index is 15.2. The van der Waals surface area contributed by atoms with Crippen molar-refractivity contribution in [3.63, 3.8) is 0 Å².